The third-order valence-electron chi connectivity index (χ3n) is 3.84. The second-order valence-corrected chi connectivity index (χ2v) is 6.17. The standard InChI is InChI=1S/C21H12ClF3O3/c22-17-9-5-4-8-15(17)18-11-10-14(28-18)12-16(20(27)21(23,24)25)19(26)13-6-2-1-3-7-13/h1-12H/b16-12+. The molecule has 0 N–H and O–H groups in total. The van der Waals surface area contributed by atoms with Gasteiger partial charge in [-0.25, -0.2) is 0 Å². The maximum absolute atomic E-state index is 13.0. The molecule has 0 unspecified atom stereocenters. The Balaban J connectivity index is 2.04. The van der Waals surface area contributed by atoms with Crippen LogP contribution >= 0.6 is 11.6 Å². The Morgan fingerprint density at radius 1 is 0.893 bits per heavy atom. The zero-order chi connectivity index (χ0) is 20.3. The second kappa shape index (κ2) is 7.86. The molecule has 0 aliphatic carbocycles. The first kappa shape index (κ1) is 19.6. The number of furan rings is 1. The molecule has 142 valence electrons. The minimum Gasteiger partial charge on any atom is -0.457 e. The van der Waals surface area contributed by atoms with Gasteiger partial charge in [0, 0.05) is 11.1 Å². The van der Waals surface area contributed by atoms with E-state index in [1.165, 1.54) is 36.4 Å². The highest BCUT2D eigenvalue weighted by Crippen LogP contribution is 2.31. The molecule has 0 saturated heterocycles. The SMILES string of the molecule is O=C(/C(=C\c1ccc(-c2ccccc2Cl)o1)C(=O)C(F)(F)F)c1ccccc1. The summed E-state index contributed by atoms with van der Waals surface area (Å²) in [4.78, 5) is 24.4. The van der Waals surface area contributed by atoms with Gasteiger partial charge in [-0.05, 0) is 30.3 Å². The fourth-order valence-corrected chi connectivity index (χ4v) is 2.74. The number of rotatable bonds is 5. The van der Waals surface area contributed by atoms with Crippen molar-refractivity contribution in [1.29, 1.82) is 0 Å². The zero-order valence-electron chi connectivity index (χ0n) is 14.2. The van der Waals surface area contributed by atoms with Crippen molar-refractivity contribution in [2.75, 3.05) is 0 Å². The number of allylic oxidation sites excluding steroid dienone is 1. The predicted molar refractivity (Wildman–Crippen MR) is 99.0 cm³/mol. The summed E-state index contributed by atoms with van der Waals surface area (Å²) in [5.41, 5.74) is -0.537. The molecule has 0 bridgehead atoms. The summed E-state index contributed by atoms with van der Waals surface area (Å²) >= 11 is 6.08. The normalized spacial score (nSPS) is 12.1. The Kier molecular flexibility index (Phi) is 5.51. The van der Waals surface area contributed by atoms with E-state index in [9.17, 15) is 22.8 Å². The van der Waals surface area contributed by atoms with E-state index in [4.69, 9.17) is 16.0 Å². The molecule has 0 fully saturated rings. The predicted octanol–water partition coefficient (Wildman–Crippen LogP) is 6.00. The second-order valence-electron chi connectivity index (χ2n) is 5.76. The first-order valence-corrected chi connectivity index (χ1v) is 8.43. The molecule has 3 aromatic rings. The van der Waals surface area contributed by atoms with Gasteiger partial charge in [0.15, 0.2) is 5.78 Å². The average molecular weight is 405 g/mol. The maximum Gasteiger partial charge on any atom is 0.455 e. The van der Waals surface area contributed by atoms with Crippen molar-refractivity contribution in [3.8, 4) is 11.3 Å². The molecule has 28 heavy (non-hydrogen) atoms. The van der Waals surface area contributed by atoms with Crippen LogP contribution < -0.4 is 0 Å². The van der Waals surface area contributed by atoms with Gasteiger partial charge in [-0.15, -0.1) is 0 Å². The number of hydrogen-bond donors (Lipinski definition) is 0. The van der Waals surface area contributed by atoms with Gasteiger partial charge in [-0.1, -0.05) is 54.1 Å². The van der Waals surface area contributed by atoms with Crippen LogP contribution in [0.5, 0.6) is 0 Å². The number of hydrogen-bond acceptors (Lipinski definition) is 3. The van der Waals surface area contributed by atoms with Gasteiger partial charge in [0.1, 0.15) is 11.5 Å². The Morgan fingerprint density at radius 2 is 1.54 bits per heavy atom. The van der Waals surface area contributed by atoms with Gasteiger partial charge in [-0.3, -0.25) is 9.59 Å². The molecule has 0 spiro atoms. The van der Waals surface area contributed by atoms with E-state index >= 15 is 0 Å². The van der Waals surface area contributed by atoms with Crippen LogP contribution in [0.25, 0.3) is 17.4 Å². The van der Waals surface area contributed by atoms with Crippen LogP contribution in [0.1, 0.15) is 16.1 Å². The third kappa shape index (κ3) is 4.23. The minimum absolute atomic E-state index is 0.0377. The van der Waals surface area contributed by atoms with Crippen LogP contribution in [-0.4, -0.2) is 17.7 Å². The Morgan fingerprint density at radius 3 is 2.18 bits per heavy atom. The van der Waals surface area contributed by atoms with Crippen LogP contribution in [0.4, 0.5) is 13.2 Å². The van der Waals surface area contributed by atoms with Crippen LogP contribution in [0.15, 0.2) is 76.7 Å². The van der Waals surface area contributed by atoms with E-state index in [2.05, 4.69) is 0 Å². The first-order valence-electron chi connectivity index (χ1n) is 8.05. The van der Waals surface area contributed by atoms with Crippen molar-refractivity contribution in [1.82, 2.24) is 0 Å². The number of halogens is 4. The number of benzene rings is 2. The zero-order valence-corrected chi connectivity index (χ0v) is 14.9. The number of Topliss-reactive ketones (excluding diaryl/α,β-unsaturated/α-hetero) is 2. The van der Waals surface area contributed by atoms with Crippen molar-refractivity contribution in [3.05, 3.63) is 88.6 Å². The molecular weight excluding hydrogens is 393 g/mol. The maximum atomic E-state index is 13.0. The fourth-order valence-electron chi connectivity index (χ4n) is 2.51. The highest BCUT2D eigenvalue weighted by Gasteiger charge is 2.43. The lowest BCUT2D eigenvalue weighted by molar-refractivity contribution is -0.166. The van der Waals surface area contributed by atoms with E-state index < -0.39 is 23.3 Å². The van der Waals surface area contributed by atoms with Crippen molar-refractivity contribution < 1.29 is 27.2 Å². The van der Waals surface area contributed by atoms with Crippen molar-refractivity contribution in [2.24, 2.45) is 0 Å². The molecule has 3 nitrogen and oxygen atoms in total. The van der Waals surface area contributed by atoms with Gasteiger partial charge >= 0.3 is 6.18 Å². The van der Waals surface area contributed by atoms with E-state index in [-0.39, 0.29) is 11.3 Å². The summed E-state index contributed by atoms with van der Waals surface area (Å²) in [6.45, 7) is 0. The molecule has 0 saturated carbocycles. The highest BCUT2D eigenvalue weighted by molar-refractivity contribution is 6.33. The monoisotopic (exact) mass is 404 g/mol. The Bertz CT molecular complexity index is 1050. The summed E-state index contributed by atoms with van der Waals surface area (Å²) in [6.07, 6.45) is -4.40. The quantitative estimate of drug-likeness (QED) is 0.227. The van der Waals surface area contributed by atoms with Gasteiger partial charge < -0.3 is 4.42 Å². The fraction of sp³-hybridized carbons (Fsp3) is 0.0476. The van der Waals surface area contributed by atoms with Gasteiger partial charge in [0.05, 0.1) is 10.6 Å². The molecule has 1 aromatic heterocycles. The Labute approximate surface area is 163 Å². The summed E-state index contributed by atoms with van der Waals surface area (Å²) in [6, 6.07) is 16.8. The minimum atomic E-state index is -5.20. The topological polar surface area (TPSA) is 47.3 Å². The highest BCUT2D eigenvalue weighted by atomic mass is 35.5. The van der Waals surface area contributed by atoms with Crippen LogP contribution in [0.2, 0.25) is 5.02 Å². The number of ketones is 2. The molecule has 1 heterocycles. The largest absolute Gasteiger partial charge is 0.457 e. The third-order valence-corrected chi connectivity index (χ3v) is 4.16. The number of alkyl halides is 3. The van der Waals surface area contributed by atoms with Crippen LogP contribution in [-0.2, 0) is 4.79 Å². The van der Waals surface area contributed by atoms with E-state index in [0.717, 1.165) is 6.08 Å². The van der Waals surface area contributed by atoms with Gasteiger partial charge in [0.2, 0.25) is 0 Å². The van der Waals surface area contributed by atoms with Crippen LogP contribution in [0, 0.1) is 0 Å². The molecular formula is C21H12ClF3O3. The van der Waals surface area contributed by atoms with E-state index in [1.807, 2.05) is 0 Å². The first-order chi connectivity index (χ1) is 13.3. The molecule has 2 aromatic carbocycles. The average Bonchev–Trinajstić information content (AvgIpc) is 3.14. The van der Waals surface area contributed by atoms with Crippen molar-refractivity contribution in [3.63, 3.8) is 0 Å². The lowest BCUT2D eigenvalue weighted by Crippen LogP contribution is -2.28. The van der Waals surface area contributed by atoms with Gasteiger partial charge in [0.25, 0.3) is 5.78 Å². The molecule has 0 aliphatic heterocycles. The van der Waals surface area contributed by atoms with E-state index in [0.29, 0.717) is 16.3 Å². The number of carbonyl (C=O) groups is 2. The summed E-state index contributed by atoms with van der Waals surface area (Å²) in [7, 11) is 0. The smallest absolute Gasteiger partial charge is 0.455 e. The molecule has 0 radical (unpaired) electrons. The lowest BCUT2D eigenvalue weighted by Gasteiger charge is -2.08. The van der Waals surface area contributed by atoms with Crippen molar-refractivity contribution >= 4 is 29.2 Å². The lowest BCUT2D eigenvalue weighted by atomic mass is 9.99. The molecule has 0 atom stereocenters. The molecule has 3 rings (SSSR count). The molecule has 0 amide bonds. The summed E-state index contributed by atoms with van der Waals surface area (Å²) < 4.78 is 44.5. The van der Waals surface area contributed by atoms with Gasteiger partial charge in [-0.2, -0.15) is 13.2 Å². The van der Waals surface area contributed by atoms with Crippen LogP contribution in [0.3, 0.4) is 0 Å². The van der Waals surface area contributed by atoms with E-state index in [1.54, 1.807) is 30.3 Å². The number of carbonyl (C=O) groups excluding carboxylic acids is 2. The summed E-state index contributed by atoms with van der Waals surface area (Å²) in [5.74, 6) is -3.06. The van der Waals surface area contributed by atoms with Crippen molar-refractivity contribution in [2.45, 2.75) is 6.18 Å². The Hall–Kier alpha value is -3.12. The molecule has 0 aliphatic rings. The molecule has 7 heteroatoms. The summed E-state index contributed by atoms with van der Waals surface area (Å²) in [5, 5.41) is 0.388.